The van der Waals surface area contributed by atoms with Gasteiger partial charge >= 0.3 is 19.1 Å². The molecule has 0 radical (unpaired) electrons. The largest absolute Gasteiger partial charge is 0.494 e. The maximum Gasteiger partial charge on any atom is 0.494 e. The van der Waals surface area contributed by atoms with Gasteiger partial charge in [-0.05, 0) is 29.7 Å². The van der Waals surface area contributed by atoms with Gasteiger partial charge in [0.25, 0.3) is 0 Å². The van der Waals surface area contributed by atoms with Crippen molar-refractivity contribution in [2.45, 2.75) is 12.2 Å². The lowest BCUT2D eigenvalue weighted by atomic mass is 9.79. The standard InChI is InChI=1S/C24H21BO6/c26-23(18-10-4-1-5-11-18)28-16-21-22(17-29-24(27)19-12-6-2-7-13-19)31-25(30-21)20-14-8-3-9-15-20/h1-15,21-22H,16-17H2/t21-,22-/m0/s1. The molecular formula is C24H21BO6. The molecule has 1 fully saturated rings. The van der Waals surface area contributed by atoms with Crippen LogP contribution < -0.4 is 5.46 Å². The second-order valence-corrected chi connectivity index (χ2v) is 7.02. The van der Waals surface area contributed by atoms with Crippen molar-refractivity contribution in [3.8, 4) is 0 Å². The van der Waals surface area contributed by atoms with Crippen LogP contribution in [0.1, 0.15) is 20.7 Å². The van der Waals surface area contributed by atoms with Gasteiger partial charge in [0.1, 0.15) is 25.4 Å². The molecule has 1 saturated heterocycles. The van der Waals surface area contributed by atoms with Crippen LogP contribution in [0.2, 0.25) is 0 Å². The third-order valence-corrected chi connectivity index (χ3v) is 4.86. The summed E-state index contributed by atoms with van der Waals surface area (Å²) in [4.78, 5) is 24.6. The summed E-state index contributed by atoms with van der Waals surface area (Å²) in [7, 11) is -0.637. The van der Waals surface area contributed by atoms with E-state index in [1.165, 1.54) is 0 Å². The lowest BCUT2D eigenvalue weighted by molar-refractivity contribution is 0.00330. The van der Waals surface area contributed by atoms with E-state index in [0.29, 0.717) is 11.1 Å². The molecule has 0 bridgehead atoms. The fourth-order valence-electron chi connectivity index (χ4n) is 3.22. The van der Waals surface area contributed by atoms with Crippen LogP contribution in [0.25, 0.3) is 0 Å². The lowest BCUT2D eigenvalue weighted by Gasteiger charge is -2.18. The van der Waals surface area contributed by atoms with E-state index in [9.17, 15) is 9.59 Å². The van der Waals surface area contributed by atoms with Crippen molar-refractivity contribution in [3.05, 3.63) is 102 Å². The van der Waals surface area contributed by atoms with Crippen LogP contribution in [0.3, 0.4) is 0 Å². The SMILES string of the molecule is O=C(OC[C@@H]1OB(c2ccccc2)O[C@H]1COC(=O)c1ccccc1)c1ccccc1. The van der Waals surface area contributed by atoms with Crippen LogP contribution in [-0.2, 0) is 18.8 Å². The summed E-state index contributed by atoms with van der Waals surface area (Å²) < 4.78 is 22.9. The molecule has 6 nitrogen and oxygen atoms in total. The molecule has 4 rings (SSSR count). The number of hydrogen-bond donors (Lipinski definition) is 0. The fourth-order valence-corrected chi connectivity index (χ4v) is 3.22. The maximum atomic E-state index is 12.3. The summed E-state index contributed by atoms with van der Waals surface area (Å²) in [6, 6.07) is 26.9. The van der Waals surface area contributed by atoms with Gasteiger partial charge in [-0.25, -0.2) is 9.59 Å². The van der Waals surface area contributed by atoms with Gasteiger partial charge in [-0.1, -0.05) is 66.7 Å². The minimum atomic E-state index is -0.637. The van der Waals surface area contributed by atoms with Gasteiger partial charge in [-0.2, -0.15) is 0 Å². The van der Waals surface area contributed by atoms with E-state index in [4.69, 9.17) is 18.8 Å². The topological polar surface area (TPSA) is 71.1 Å². The molecule has 156 valence electrons. The summed E-state index contributed by atoms with van der Waals surface area (Å²) in [5, 5.41) is 0. The van der Waals surface area contributed by atoms with E-state index >= 15 is 0 Å². The predicted molar refractivity (Wildman–Crippen MR) is 115 cm³/mol. The molecule has 2 atom stereocenters. The highest BCUT2D eigenvalue weighted by Crippen LogP contribution is 2.19. The number of rotatable bonds is 7. The van der Waals surface area contributed by atoms with E-state index in [0.717, 1.165) is 5.46 Å². The van der Waals surface area contributed by atoms with Crippen molar-refractivity contribution in [1.82, 2.24) is 0 Å². The number of ether oxygens (including phenoxy) is 2. The normalized spacial score (nSPS) is 17.9. The van der Waals surface area contributed by atoms with Crippen LogP contribution in [0, 0.1) is 0 Å². The molecule has 0 spiro atoms. The van der Waals surface area contributed by atoms with E-state index in [-0.39, 0.29) is 13.2 Å². The maximum absolute atomic E-state index is 12.3. The third-order valence-electron chi connectivity index (χ3n) is 4.86. The first-order valence-electron chi connectivity index (χ1n) is 10.0. The zero-order valence-electron chi connectivity index (χ0n) is 16.8. The highest BCUT2D eigenvalue weighted by molar-refractivity contribution is 6.61. The molecule has 0 N–H and O–H groups in total. The average Bonchev–Trinajstić information content (AvgIpc) is 3.25. The molecular weight excluding hydrogens is 395 g/mol. The molecule has 3 aromatic rings. The van der Waals surface area contributed by atoms with Crippen LogP contribution in [0.15, 0.2) is 91.0 Å². The Kier molecular flexibility index (Phi) is 6.77. The fraction of sp³-hybridized carbons (Fsp3) is 0.167. The number of esters is 2. The zero-order valence-corrected chi connectivity index (χ0v) is 16.8. The second kappa shape index (κ2) is 10.1. The van der Waals surface area contributed by atoms with Crippen molar-refractivity contribution in [1.29, 1.82) is 0 Å². The predicted octanol–water partition coefficient (Wildman–Crippen LogP) is 2.88. The number of hydrogen-bond acceptors (Lipinski definition) is 6. The first kappa shape index (κ1) is 20.8. The van der Waals surface area contributed by atoms with Gasteiger partial charge in [0, 0.05) is 0 Å². The van der Waals surface area contributed by atoms with Crippen LogP contribution in [0.5, 0.6) is 0 Å². The Balaban J connectivity index is 1.41. The second-order valence-electron chi connectivity index (χ2n) is 7.02. The van der Waals surface area contributed by atoms with Gasteiger partial charge in [-0.15, -0.1) is 0 Å². The minimum absolute atomic E-state index is 0.0232. The molecule has 7 heteroatoms. The first-order valence-corrected chi connectivity index (χ1v) is 10.0. The van der Waals surface area contributed by atoms with Crippen molar-refractivity contribution >= 4 is 24.5 Å². The smallest absolute Gasteiger partial charge is 0.459 e. The lowest BCUT2D eigenvalue weighted by Crippen LogP contribution is -2.33. The highest BCUT2D eigenvalue weighted by Gasteiger charge is 2.42. The highest BCUT2D eigenvalue weighted by atomic mass is 16.7. The minimum Gasteiger partial charge on any atom is -0.459 e. The molecule has 3 aromatic carbocycles. The van der Waals surface area contributed by atoms with Crippen LogP contribution >= 0.6 is 0 Å². The summed E-state index contributed by atoms with van der Waals surface area (Å²) in [6.45, 7) is -0.0464. The quantitative estimate of drug-likeness (QED) is 0.436. The first-order chi connectivity index (χ1) is 15.2. The van der Waals surface area contributed by atoms with Crippen molar-refractivity contribution < 1.29 is 28.4 Å². The Morgan fingerprint density at radius 3 is 1.45 bits per heavy atom. The van der Waals surface area contributed by atoms with Crippen molar-refractivity contribution in [2.75, 3.05) is 13.2 Å². The molecule has 31 heavy (non-hydrogen) atoms. The Morgan fingerprint density at radius 1 is 0.645 bits per heavy atom. The van der Waals surface area contributed by atoms with Gasteiger partial charge < -0.3 is 18.8 Å². The third kappa shape index (κ3) is 5.39. The van der Waals surface area contributed by atoms with E-state index < -0.39 is 31.3 Å². The zero-order chi connectivity index (χ0) is 21.5. The van der Waals surface area contributed by atoms with E-state index in [2.05, 4.69) is 0 Å². The monoisotopic (exact) mass is 416 g/mol. The summed E-state index contributed by atoms with van der Waals surface area (Å²) >= 11 is 0. The summed E-state index contributed by atoms with van der Waals surface area (Å²) in [5.41, 5.74) is 1.74. The van der Waals surface area contributed by atoms with Gasteiger partial charge in [-0.3, -0.25) is 0 Å². The Bertz CT molecular complexity index is 933. The average molecular weight is 416 g/mol. The van der Waals surface area contributed by atoms with Crippen molar-refractivity contribution in [3.63, 3.8) is 0 Å². The molecule has 0 saturated carbocycles. The van der Waals surface area contributed by atoms with Crippen molar-refractivity contribution in [2.24, 2.45) is 0 Å². The summed E-state index contributed by atoms with van der Waals surface area (Å²) in [5.74, 6) is -0.903. The molecule has 0 aliphatic carbocycles. The molecule has 1 heterocycles. The number of carbonyl (C=O) groups excluding carboxylic acids is 2. The van der Waals surface area contributed by atoms with Gasteiger partial charge in [0.15, 0.2) is 0 Å². The molecule has 0 aromatic heterocycles. The van der Waals surface area contributed by atoms with Crippen LogP contribution in [0.4, 0.5) is 0 Å². The van der Waals surface area contributed by atoms with Crippen LogP contribution in [-0.4, -0.2) is 44.5 Å². The molecule has 0 amide bonds. The Labute approximate surface area is 180 Å². The molecule has 1 aliphatic rings. The van der Waals surface area contributed by atoms with E-state index in [1.807, 2.05) is 42.5 Å². The van der Waals surface area contributed by atoms with Gasteiger partial charge in [0.2, 0.25) is 0 Å². The van der Waals surface area contributed by atoms with Gasteiger partial charge in [0.05, 0.1) is 11.1 Å². The van der Waals surface area contributed by atoms with E-state index in [1.54, 1.807) is 48.5 Å². The Morgan fingerprint density at radius 2 is 1.03 bits per heavy atom. The number of benzene rings is 3. The molecule has 1 aliphatic heterocycles. The Hall–Kier alpha value is -3.42. The molecule has 0 unspecified atom stereocenters. The number of carbonyl (C=O) groups is 2. The summed E-state index contributed by atoms with van der Waals surface area (Å²) in [6.07, 6.45) is -1.16.